The summed E-state index contributed by atoms with van der Waals surface area (Å²) in [6, 6.07) is 9.05. The van der Waals surface area contributed by atoms with Gasteiger partial charge in [0.25, 0.3) is 11.8 Å². The van der Waals surface area contributed by atoms with Gasteiger partial charge in [-0.15, -0.1) is 0 Å². The van der Waals surface area contributed by atoms with Crippen LogP contribution in [0.15, 0.2) is 30.3 Å². The van der Waals surface area contributed by atoms with Crippen molar-refractivity contribution in [3.8, 4) is 11.3 Å². The lowest BCUT2D eigenvalue weighted by Crippen LogP contribution is -2.45. The molecule has 1 saturated heterocycles. The van der Waals surface area contributed by atoms with E-state index in [1.54, 1.807) is 11.0 Å². The topological polar surface area (TPSA) is 54.5 Å². The van der Waals surface area contributed by atoms with Crippen LogP contribution in [0.4, 0.5) is 8.78 Å². The van der Waals surface area contributed by atoms with Gasteiger partial charge in [0.2, 0.25) is 6.54 Å². The highest BCUT2D eigenvalue weighted by Crippen LogP contribution is 2.36. The molecule has 2 aliphatic rings. The Morgan fingerprint density at radius 2 is 2.06 bits per heavy atom. The number of amides is 1. The maximum absolute atomic E-state index is 13.7. The Balaban J connectivity index is 1.49. The third-order valence-corrected chi connectivity index (χ3v) is 7.03. The second kappa shape index (κ2) is 10.8. The normalized spacial score (nSPS) is 19.6. The van der Waals surface area contributed by atoms with Gasteiger partial charge in [-0.1, -0.05) is 42.6 Å². The molecule has 1 atom stereocenters. The van der Waals surface area contributed by atoms with Gasteiger partial charge in [0.05, 0.1) is 18.3 Å². The number of nitrogens with one attached hydrogen (secondary N) is 1. The number of benzene rings is 1. The lowest BCUT2D eigenvalue weighted by Gasteiger charge is -2.32. The smallest absolute Gasteiger partial charge is 0.272 e. The summed E-state index contributed by atoms with van der Waals surface area (Å²) in [4.78, 5) is 18.3. The highest BCUT2D eigenvalue weighted by Gasteiger charge is 2.35. The van der Waals surface area contributed by atoms with Gasteiger partial charge in [-0.25, -0.2) is 15.4 Å². The molecule has 1 amide bonds. The largest absolute Gasteiger partial charge is 0.340 e. The first-order chi connectivity index (χ1) is 16.4. The van der Waals surface area contributed by atoms with Gasteiger partial charge < -0.3 is 10.2 Å². The summed E-state index contributed by atoms with van der Waals surface area (Å²) >= 11 is 6.45. The second-order valence-electron chi connectivity index (χ2n) is 9.31. The predicted molar refractivity (Wildman–Crippen MR) is 128 cm³/mol. The zero-order valence-electron chi connectivity index (χ0n) is 19.2. The highest BCUT2D eigenvalue weighted by molar-refractivity contribution is 6.33. The van der Waals surface area contributed by atoms with Gasteiger partial charge in [-0.3, -0.25) is 14.4 Å². The van der Waals surface area contributed by atoms with Crippen molar-refractivity contribution in [2.24, 2.45) is 0 Å². The first-order valence-corrected chi connectivity index (χ1v) is 12.3. The Labute approximate surface area is 204 Å². The second-order valence-corrected chi connectivity index (χ2v) is 9.72. The quantitative estimate of drug-likeness (QED) is 0.501. The van der Waals surface area contributed by atoms with Crippen LogP contribution in [0.2, 0.25) is 5.02 Å². The van der Waals surface area contributed by atoms with Crippen LogP contribution in [0.5, 0.6) is 0 Å². The Bertz CT molecular complexity index is 1040. The Hall–Kier alpha value is -2.50. The minimum atomic E-state index is -2.67. The van der Waals surface area contributed by atoms with E-state index < -0.39 is 12.0 Å². The van der Waals surface area contributed by atoms with Crippen LogP contribution < -0.4 is 5.32 Å². The van der Waals surface area contributed by atoms with Crippen molar-refractivity contribution in [1.29, 1.82) is 0 Å². The Kier molecular flexibility index (Phi) is 7.84. The van der Waals surface area contributed by atoms with Crippen molar-refractivity contribution < 1.29 is 13.6 Å². The number of hydrogen-bond acceptors (Lipinski definition) is 3. The molecule has 34 heavy (non-hydrogen) atoms. The molecular weight excluding hydrogens is 460 g/mol. The average Bonchev–Trinajstić information content (AvgIpc) is 3.47. The lowest BCUT2D eigenvalue weighted by atomic mass is 10.1. The van der Waals surface area contributed by atoms with Crippen LogP contribution in [0.1, 0.15) is 61.5 Å². The van der Waals surface area contributed by atoms with E-state index in [0.29, 0.717) is 31.0 Å². The maximum Gasteiger partial charge on any atom is 0.272 e. The number of halogens is 3. The molecule has 0 spiro atoms. The van der Waals surface area contributed by atoms with Crippen molar-refractivity contribution in [1.82, 2.24) is 20.0 Å². The fourth-order valence-corrected chi connectivity index (χ4v) is 5.19. The van der Waals surface area contributed by atoms with Crippen molar-refractivity contribution in [3.05, 3.63) is 52.5 Å². The molecular formula is C25H30ClF2N5O. The lowest BCUT2D eigenvalue weighted by molar-refractivity contribution is -0.0643. The average molecular weight is 490 g/mol. The molecule has 2 aromatic rings. The molecule has 182 valence electrons. The third kappa shape index (κ3) is 5.94. The number of likely N-dealkylation sites (tertiary alicyclic amines) is 1. The molecule has 2 fully saturated rings. The van der Waals surface area contributed by atoms with Crippen LogP contribution >= 0.6 is 11.6 Å². The SMILES string of the molecule is [C-]#[N+]C[C@H](CCN1CCCC(F)(F)C1)NC(=O)c1cc(-c2ccccc2Cl)n(C2CCCC2)n1. The van der Waals surface area contributed by atoms with E-state index in [4.69, 9.17) is 18.2 Å². The van der Waals surface area contributed by atoms with E-state index in [9.17, 15) is 13.6 Å². The summed E-state index contributed by atoms with van der Waals surface area (Å²) in [6.07, 6.45) is 5.06. The van der Waals surface area contributed by atoms with E-state index >= 15 is 0 Å². The van der Waals surface area contributed by atoms with Crippen LogP contribution in [0.3, 0.4) is 0 Å². The van der Waals surface area contributed by atoms with E-state index in [1.165, 1.54) is 0 Å². The van der Waals surface area contributed by atoms with Gasteiger partial charge in [-0.05, 0) is 44.4 Å². The number of rotatable bonds is 8. The predicted octanol–water partition coefficient (Wildman–Crippen LogP) is 5.46. The molecule has 1 saturated carbocycles. The number of hydrogen-bond donors (Lipinski definition) is 1. The highest BCUT2D eigenvalue weighted by atomic mass is 35.5. The first-order valence-electron chi connectivity index (χ1n) is 11.9. The van der Waals surface area contributed by atoms with Gasteiger partial charge >= 0.3 is 0 Å². The first kappa shape index (κ1) is 24.6. The van der Waals surface area contributed by atoms with E-state index in [1.807, 2.05) is 28.9 Å². The molecule has 1 N–H and O–H groups in total. The van der Waals surface area contributed by atoms with Crippen LogP contribution in [-0.4, -0.2) is 58.7 Å². The molecule has 4 rings (SSSR count). The number of carbonyl (C=O) groups excluding carboxylic acids is 1. The van der Waals surface area contributed by atoms with Crippen molar-refractivity contribution in [3.63, 3.8) is 0 Å². The van der Waals surface area contributed by atoms with Gasteiger partial charge in [0.15, 0.2) is 5.69 Å². The molecule has 2 heterocycles. The molecule has 1 aromatic heterocycles. The minimum absolute atomic E-state index is 0.0802. The summed E-state index contributed by atoms with van der Waals surface area (Å²) < 4.78 is 29.3. The minimum Gasteiger partial charge on any atom is -0.340 e. The summed E-state index contributed by atoms with van der Waals surface area (Å²) in [5.41, 5.74) is 1.91. The van der Waals surface area contributed by atoms with Crippen molar-refractivity contribution in [2.75, 3.05) is 26.2 Å². The fraction of sp³-hybridized carbons (Fsp3) is 0.560. The third-order valence-electron chi connectivity index (χ3n) is 6.70. The number of alkyl halides is 2. The van der Waals surface area contributed by atoms with Gasteiger partial charge in [0.1, 0.15) is 6.04 Å². The molecule has 0 radical (unpaired) electrons. The van der Waals surface area contributed by atoms with Crippen LogP contribution in [0, 0.1) is 6.57 Å². The van der Waals surface area contributed by atoms with E-state index in [-0.39, 0.29) is 37.2 Å². The van der Waals surface area contributed by atoms with Gasteiger partial charge in [0, 0.05) is 23.6 Å². The molecule has 0 bridgehead atoms. The summed E-state index contributed by atoms with van der Waals surface area (Å²) in [6.45, 7) is 8.12. The summed E-state index contributed by atoms with van der Waals surface area (Å²) in [5, 5.41) is 8.16. The molecule has 1 aromatic carbocycles. The van der Waals surface area contributed by atoms with Crippen LogP contribution in [0.25, 0.3) is 16.1 Å². The van der Waals surface area contributed by atoms with Crippen molar-refractivity contribution in [2.45, 2.75) is 63.0 Å². The standard InChI is InChI=1S/C25H30ClF2N5O/c1-29-16-18(11-14-32-13-6-12-25(27,28)17-32)30-24(34)22-15-23(20-9-4-5-10-21(20)26)33(31-22)19-7-2-3-8-19/h4-5,9-10,15,18-19H,2-3,6-8,11-14,16-17H2,(H,30,34)/t18-/m0/s1. The molecule has 1 aliphatic carbocycles. The van der Waals surface area contributed by atoms with E-state index in [0.717, 1.165) is 36.9 Å². The maximum atomic E-state index is 13.7. The number of aromatic nitrogens is 2. The summed E-state index contributed by atoms with van der Waals surface area (Å²) in [5.74, 6) is -3.03. The number of carbonyl (C=O) groups is 1. The Morgan fingerprint density at radius 1 is 1.29 bits per heavy atom. The molecule has 0 unspecified atom stereocenters. The zero-order chi connectivity index (χ0) is 24.1. The van der Waals surface area contributed by atoms with Gasteiger partial charge in [-0.2, -0.15) is 5.10 Å². The van der Waals surface area contributed by atoms with E-state index in [2.05, 4.69) is 15.3 Å². The molecule has 1 aliphatic heterocycles. The molecule has 6 nitrogen and oxygen atoms in total. The monoisotopic (exact) mass is 489 g/mol. The fourth-order valence-electron chi connectivity index (χ4n) is 4.96. The summed E-state index contributed by atoms with van der Waals surface area (Å²) in [7, 11) is 0. The van der Waals surface area contributed by atoms with Crippen molar-refractivity contribution >= 4 is 17.5 Å². The van der Waals surface area contributed by atoms with Crippen LogP contribution in [-0.2, 0) is 0 Å². The molecule has 9 heteroatoms. The zero-order valence-corrected chi connectivity index (χ0v) is 19.9. The Morgan fingerprint density at radius 3 is 2.76 bits per heavy atom. The number of piperidine rings is 1. The number of nitrogens with zero attached hydrogens (tertiary/aromatic N) is 4.